The standard InChI is InChI=1S/C21H28O2/c1-4-13-10-17-14(11-19(13)22)5-6-16-15(17)7-8-21(3)18(16)9-12(2)20(21)23/h10-11,15-16,18,20,22-23H,2,4-9H2,1,3H3/t15-,16+,18-,20-,21-/m0/s1. The zero-order valence-corrected chi connectivity index (χ0v) is 14.3. The predicted octanol–water partition coefficient (Wildman–Crippen LogP) is 4.34. The molecule has 0 amide bonds. The highest BCUT2D eigenvalue weighted by Crippen LogP contribution is 2.62. The van der Waals surface area contributed by atoms with Gasteiger partial charge in [-0.25, -0.2) is 0 Å². The Bertz CT molecular complexity index is 662. The lowest BCUT2D eigenvalue weighted by molar-refractivity contribution is -0.0159. The third kappa shape index (κ3) is 2.04. The Labute approximate surface area is 139 Å². The van der Waals surface area contributed by atoms with E-state index in [1.54, 1.807) is 0 Å². The van der Waals surface area contributed by atoms with Crippen LogP contribution in [0.3, 0.4) is 0 Å². The minimum Gasteiger partial charge on any atom is -0.508 e. The summed E-state index contributed by atoms with van der Waals surface area (Å²) in [6.07, 6.45) is 6.04. The van der Waals surface area contributed by atoms with Crippen LogP contribution >= 0.6 is 0 Å². The lowest BCUT2D eigenvalue weighted by Crippen LogP contribution is -2.44. The third-order valence-corrected chi connectivity index (χ3v) is 7.24. The quantitative estimate of drug-likeness (QED) is 0.757. The molecule has 0 radical (unpaired) electrons. The molecule has 3 aliphatic rings. The Hall–Kier alpha value is -1.28. The Morgan fingerprint density at radius 1 is 1.30 bits per heavy atom. The van der Waals surface area contributed by atoms with Gasteiger partial charge in [-0.1, -0.05) is 26.5 Å². The maximum atomic E-state index is 10.6. The molecule has 2 heteroatoms. The number of phenolic OH excluding ortho intramolecular Hbond substituents is 1. The van der Waals surface area contributed by atoms with Gasteiger partial charge in [0, 0.05) is 5.41 Å². The first-order valence-electron chi connectivity index (χ1n) is 9.16. The van der Waals surface area contributed by atoms with E-state index in [9.17, 15) is 10.2 Å². The first kappa shape index (κ1) is 15.3. The van der Waals surface area contributed by atoms with Crippen molar-refractivity contribution in [1.29, 1.82) is 0 Å². The van der Waals surface area contributed by atoms with Gasteiger partial charge in [0.2, 0.25) is 0 Å². The van der Waals surface area contributed by atoms with Crippen LogP contribution in [0, 0.1) is 17.3 Å². The Kier molecular flexibility index (Phi) is 3.39. The smallest absolute Gasteiger partial charge is 0.119 e. The summed E-state index contributed by atoms with van der Waals surface area (Å²) in [4.78, 5) is 0. The zero-order valence-electron chi connectivity index (χ0n) is 14.3. The molecule has 124 valence electrons. The summed E-state index contributed by atoms with van der Waals surface area (Å²) in [5.74, 6) is 2.29. The highest BCUT2D eigenvalue weighted by atomic mass is 16.3. The van der Waals surface area contributed by atoms with E-state index in [0.717, 1.165) is 43.2 Å². The molecule has 2 saturated carbocycles. The number of aromatic hydroxyl groups is 1. The molecule has 4 rings (SSSR count). The van der Waals surface area contributed by atoms with Crippen LogP contribution in [0.1, 0.15) is 62.1 Å². The summed E-state index contributed by atoms with van der Waals surface area (Å²) in [6.45, 7) is 8.53. The van der Waals surface area contributed by atoms with Crippen molar-refractivity contribution >= 4 is 0 Å². The molecule has 3 aliphatic carbocycles. The van der Waals surface area contributed by atoms with Gasteiger partial charge in [0.15, 0.2) is 0 Å². The van der Waals surface area contributed by atoms with Gasteiger partial charge in [0.1, 0.15) is 5.75 Å². The maximum absolute atomic E-state index is 10.6. The van der Waals surface area contributed by atoms with Gasteiger partial charge < -0.3 is 10.2 Å². The minimum atomic E-state index is -0.319. The van der Waals surface area contributed by atoms with Crippen LogP contribution < -0.4 is 0 Å². The number of hydrogen-bond acceptors (Lipinski definition) is 2. The number of benzene rings is 1. The summed E-state index contributed by atoms with van der Waals surface area (Å²) in [7, 11) is 0. The average Bonchev–Trinajstić information content (AvgIpc) is 2.77. The number of aliphatic hydroxyl groups is 1. The van der Waals surface area contributed by atoms with Crippen molar-refractivity contribution in [1.82, 2.24) is 0 Å². The first-order valence-corrected chi connectivity index (χ1v) is 9.16. The number of phenols is 1. The molecule has 2 N–H and O–H groups in total. The van der Waals surface area contributed by atoms with Crippen molar-refractivity contribution in [3.05, 3.63) is 41.0 Å². The highest BCUT2D eigenvalue weighted by Gasteiger charge is 2.55. The van der Waals surface area contributed by atoms with Gasteiger partial charge >= 0.3 is 0 Å². The molecule has 5 atom stereocenters. The molecular weight excluding hydrogens is 284 g/mol. The third-order valence-electron chi connectivity index (χ3n) is 7.24. The fourth-order valence-electron chi connectivity index (χ4n) is 5.87. The molecule has 0 spiro atoms. The van der Waals surface area contributed by atoms with E-state index >= 15 is 0 Å². The second-order valence-corrected chi connectivity index (χ2v) is 8.26. The summed E-state index contributed by atoms with van der Waals surface area (Å²) in [5.41, 5.74) is 4.98. The molecule has 0 heterocycles. The molecular formula is C21H28O2. The molecule has 0 aliphatic heterocycles. The molecule has 2 nitrogen and oxygen atoms in total. The molecule has 23 heavy (non-hydrogen) atoms. The number of rotatable bonds is 1. The number of hydrogen-bond donors (Lipinski definition) is 2. The zero-order chi connectivity index (χ0) is 16.4. The Morgan fingerprint density at radius 3 is 2.83 bits per heavy atom. The molecule has 0 unspecified atom stereocenters. The van der Waals surface area contributed by atoms with Crippen molar-refractivity contribution in [2.45, 2.75) is 64.4 Å². The van der Waals surface area contributed by atoms with E-state index in [4.69, 9.17) is 0 Å². The van der Waals surface area contributed by atoms with Crippen LogP contribution in [-0.2, 0) is 12.8 Å². The first-order chi connectivity index (χ1) is 11.0. The van der Waals surface area contributed by atoms with Gasteiger partial charge in [-0.15, -0.1) is 0 Å². The van der Waals surface area contributed by atoms with E-state index < -0.39 is 0 Å². The van der Waals surface area contributed by atoms with Crippen molar-refractivity contribution in [3.63, 3.8) is 0 Å². The second kappa shape index (κ2) is 5.11. The molecule has 1 aromatic carbocycles. The van der Waals surface area contributed by atoms with Crippen LogP contribution in [0.5, 0.6) is 5.75 Å². The fraction of sp³-hybridized carbons (Fsp3) is 0.619. The molecule has 0 bridgehead atoms. The van der Waals surface area contributed by atoms with Crippen molar-refractivity contribution in [2.75, 3.05) is 0 Å². The van der Waals surface area contributed by atoms with Crippen LogP contribution in [0.2, 0.25) is 0 Å². The second-order valence-electron chi connectivity index (χ2n) is 8.26. The predicted molar refractivity (Wildman–Crippen MR) is 92.6 cm³/mol. The van der Waals surface area contributed by atoms with Crippen molar-refractivity contribution < 1.29 is 10.2 Å². The van der Waals surface area contributed by atoms with Gasteiger partial charge in [-0.3, -0.25) is 0 Å². The largest absolute Gasteiger partial charge is 0.508 e. The summed E-state index contributed by atoms with van der Waals surface area (Å²) >= 11 is 0. The normalized spacial score (nSPS) is 38.8. The topological polar surface area (TPSA) is 40.5 Å². The monoisotopic (exact) mass is 312 g/mol. The number of fused-ring (bicyclic) bond motifs is 5. The van der Waals surface area contributed by atoms with Gasteiger partial charge in [-0.2, -0.15) is 0 Å². The van der Waals surface area contributed by atoms with E-state index in [0.29, 0.717) is 23.5 Å². The Morgan fingerprint density at radius 2 is 2.09 bits per heavy atom. The van der Waals surface area contributed by atoms with E-state index in [1.807, 2.05) is 6.07 Å². The van der Waals surface area contributed by atoms with E-state index in [2.05, 4.69) is 26.5 Å². The average molecular weight is 312 g/mol. The van der Waals surface area contributed by atoms with Crippen LogP contribution in [0.25, 0.3) is 0 Å². The van der Waals surface area contributed by atoms with Gasteiger partial charge in [0.05, 0.1) is 6.10 Å². The van der Waals surface area contributed by atoms with E-state index in [-0.39, 0.29) is 11.5 Å². The Balaban J connectivity index is 1.74. The van der Waals surface area contributed by atoms with E-state index in [1.165, 1.54) is 17.5 Å². The van der Waals surface area contributed by atoms with Crippen molar-refractivity contribution in [2.24, 2.45) is 17.3 Å². The SMILES string of the molecule is C=C1C[C@H]2[C@@H]3CCc4cc(O)c(CC)cc4[C@H]3CC[C@]2(C)[C@H]1O. The number of aryl methyl sites for hydroxylation is 2. The fourth-order valence-corrected chi connectivity index (χ4v) is 5.87. The summed E-state index contributed by atoms with van der Waals surface area (Å²) < 4.78 is 0. The summed E-state index contributed by atoms with van der Waals surface area (Å²) in [5, 5.41) is 20.8. The van der Waals surface area contributed by atoms with Crippen molar-refractivity contribution in [3.8, 4) is 5.75 Å². The lowest BCUT2D eigenvalue weighted by atomic mass is 9.55. The van der Waals surface area contributed by atoms with Gasteiger partial charge in [-0.05, 0) is 84.6 Å². The van der Waals surface area contributed by atoms with Gasteiger partial charge in [0.25, 0.3) is 0 Å². The van der Waals surface area contributed by atoms with Crippen LogP contribution in [0.4, 0.5) is 0 Å². The summed E-state index contributed by atoms with van der Waals surface area (Å²) in [6, 6.07) is 4.28. The molecule has 2 fully saturated rings. The highest BCUT2D eigenvalue weighted by molar-refractivity contribution is 5.46. The molecule has 0 saturated heterocycles. The van der Waals surface area contributed by atoms with Crippen LogP contribution in [-0.4, -0.2) is 16.3 Å². The molecule has 1 aromatic rings. The van der Waals surface area contributed by atoms with Crippen LogP contribution in [0.15, 0.2) is 24.3 Å². The lowest BCUT2D eigenvalue weighted by Gasteiger charge is -2.50. The molecule has 0 aromatic heterocycles. The number of aliphatic hydroxyl groups excluding tert-OH is 1. The maximum Gasteiger partial charge on any atom is 0.119 e. The minimum absolute atomic E-state index is 0.0280.